The number of benzene rings is 2. The third kappa shape index (κ3) is 4.24. The van der Waals surface area contributed by atoms with Crippen LogP contribution in [-0.2, 0) is 25.6 Å². The number of hydrogen-bond donors (Lipinski definition) is 1. The van der Waals surface area contributed by atoms with Gasteiger partial charge >= 0.3 is 0 Å². The van der Waals surface area contributed by atoms with Crippen molar-refractivity contribution in [2.24, 2.45) is 0 Å². The Balaban J connectivity index is 1.95. The van der Waals surface area contributed by atoms with Crippen molar-refractivity contribution in [3.63, 3.8) is 0 Å². The van der Waals surface area contributed by atoms with Gasteiger partial charge in [-0.15, -0.1) is 5.10 Å². The molecule has 26 heavy (non-hydrogen) atoms. The molecule has 0 amide bonds. The summed E-state index contributed by atoms with van der Waals surface area (Å²) in [5.74, 6) is -0.268. The Morgan fingerprint density at radius 3 is 2.50 bits per heavy atom. The maximum atomic E-state index is 12.7. The highest BCUT2D eigenvalue weighted by Gasteiger charge is 2.18. The highest BCUT2D eigenvalue weighted by atomic mass is 32.2. The molecular formula is C15H15N5O4S2. The lowest BCUT2D eigenvalue weighted by molar-refractivity contribution is 0.598. The molecule has 0 spiro atoms. The maximum Gasteiger partial charge on any atom is 0.261 e. The van der Waals surface area contributed by atoms with E-state index < -0.39 is 19.9 Å². The van der Waals surface area contributed by atoms with Gasteiger partial charge < -0.3 is 0 Å². The normalized spacial score (nSPS) is 12.0. The smallest absolute Gasteiger partial charge is 0.261 e. The van der Waals surface area contributed by atoms with Gasteiger partial charge in [-0.05, 0) is 40.3 Å². The number of nitrogens with zero attached hydrogens (tertiary/aromatic N) is 4. The fourth-order valence-corrected chi connectivity index (χ4v) is 4.26. The van der Waals surface area contributed by atoms with E-state index in [4.69, 9.17) is 0 Å². The molecule has 0 saturated carbocycles. The third-order valence-electron chi connectivity index (χ3n) is 3.42. The Morgan fingerprint density at radius 1 is 1.04 bits per heavy atom. The molecule has 136 valence electrons. The molecule has 1 heterocycles. The fraction of sp³-hybridized carbons (Fsp3) is 0.133. The molecule has 2 aromatic carbocycles. The Morgan fingerprint density at radius 2 is 1.81 bits per heavy atom. The van der Waals surface area contributed by atoms with Crippen LogP contribution in [0.2, 0.25) is 0 Å². The van der Waals surface area contributed by atoms with Crippen molar-refractivity contribution in [3.8, 4) is 5.69 Å². The number of para-hydroxylation sites is 1. The minimum absolute atomic E-state index is 0.000316. The van der Waals surface area contributed by atoms with Crippen molar-refractivity contribution in [2.45, 2.75) is 10.6 Å². The molecule has 0 aliphatic carbocycles. The SMILES string of the molecule is CS(=O)(=O)Cc1ccccc1NS(=O)(=O)c1cccc(-n2cnnn2)c1. The molecule has 0 atom stereocenters. The zero-order valence-electron chi connectivity index (χ0n) is 13.6. The van der Waals surface area contributed by atoms with Gasteiger partial charge in [-0.2, -0.15) is 0 Å². The molecule has 0 aliphatic heterocycles. The van der Waals surface area contributed by atoms with Gasteiger partial charge in [0.05, 0.1) is 22.0 Å². The fourth-order valence-electron chi connectivity index (χ4n) is 2.30. The summed E-state index contributed by atoms with van der Waals surface area (Å²) in [6, 6.07) is 12.4. The standard InChI is InChI=1S/C15H15N5O4S2/c1-25(21,22)10-12-5-2-3-8-15(12)17-26(23,24)14-7-4-6-13(9-14)20-11-16-18-19-20/h2-9,11,17H,10H2,1H3. The Labute approximate surface area is 150 Å². The molecule has 0 bridgehead atoms. The first-order valence-corrected chi connectivity index (χ1v) is 10.9. The van der Waals surface area contributed by atoms with E-state index >= 15 is 0 Å². The second kappa shape index (κ2) is 6.84. The van der Waals surface area contributed by atoms with Gasteiger partial charge in [0.2, 0.25) is 0 Å². The summed E-state index contributed by atoms with van der Waals surface area (Å²) in [5.41, 5.74) is 1.06. The predicted molar refractivity (Wildman–Crippen MR) is 95.0 cm³/mol. The average molecular weight is 393 g/mol. The molecule has 1 N–H and O–H groups in total. The zero-order chi connectivity index (χ0) is 18.8. The van der Waals surface area contributed by atoms with Crippen molar-refractivity contribution < 1.29 is 16.8 Å². The second-order valence-electron chi connectivity index (χ2n) is 5.58. The lowest BCUT2D eigenvalue weighted by Gasteiger charge is -2.12. The van der Waals surface area contributed by atoms with Gasteiger partial charge in [0, 0.05) is 6.26 Å². The number of rotatable bonds is 6. The van der Waals surface area contributed by atoms with Gasteiger partial charge in [0.1, 0.15) is 6.33 Å². The van der Waals surface area contributed by atoms with Crippen molar-refractivity contribution >= 4 is 25.5 Å². The van der Waals surface area contributed by atoms with Gasteiger partial charge in [-0.3, -0.25) is 4.72 Å². The maximum absolute atomic E-state index is 12.7. The highest BCUT2D eigenvalue weighted by molar-refractivity contribution is 7.92. The van der Waals surface area contributed by atoms with Crippen LogP contribution in [0.4, 0.5) is 5.69 Å². The van der Waals surface area contributed by atoms with Crippen molar-refractivity contribution in [3.05, 3.63) is 60.4 Å². The van der Waals surface area contributed by atoms with E-state index in [0.717, 1.165) is 6.26 Å². The first kappa shape index (κ1) is 18.0. The van der Waals surface area contributed by atoms with Crippen LogP contribution in [0.5, 0.6) is 0 Å². The van der Waals surface area contributed by atoms with Crippen LogP contribution in [0.1, 0.15) is 5.56 Å². The van der Waals surface area contributed by atoms with E-state index in [1.54, 1.807) is 30.3 Å². The monoisotopic (exact) mass is 393 g/mol. The van der Waals surface area contributed by atoms with E-state index in [9.17, 15) is 16.8 Å². The summed E-state index contributed by atoms with van der Waals surface area (Å²) in [5, 5.41) is 10.8. The van der Waals surface area contributed by atoms with E-state index in [1.807, 2.05) is 0 Å². The number of nitrogens with one attached hydrogen (secondary N) is 1. The van der Waals surface area contributed by atoms with Crippen molar-refractivity contribution in [2.75, 3.05) is 11.0 Å². The van der Waals surface area contributed by atoms with E-state index in [0.29, 0.717) is 11.3 Å². The summed E-state index contributed by atoms with van der Waals surface area (Å²) in [4.78, 5) is -0.000316. The molecule has 0 fully saturated rings. The lowest BCUT2D eigenvalue weighted by atomic mass is 10.2. The Hall–Kier alpha value is -2.79. The largest absolute Gasteiger partial charge is 0.279 e. The van der Waals surface area contributed by atoms with Crippen LogP contribution >= 0.6 is 0 Å². The zero-order valence-corrected chi connectivity index (χ0v) is 15.3. The molecule has 9 nitrogen and oxygen atoms in total. The minimum atomic E-state index is -3.93. The second-order valence-corrected chi connectivity index (χ2v) is 9.41. The molecule has 0 aliphatic rings. The van der Waals surface area contributed by atoms with Crippen molar-refractivity contribution in [1.29, 1.82) is 0 Å². The average Bonchev–Trinajstić information content (AvgIpc) is 3.10. The van der Waals surface area contributed by atoms with E-state index in [1.165, 1.54) is 29.2 Å². The van der Waals surface area contributed by atoms with E-state index in [2.05, 4.69) is 20.2 Å². The number of hydrogen-bond acceptors (Lipinski definition) is 7. The number of tetrazole rings is 1. The van der Waals surface area contributed by atoms with Crippen LogP contribution in [-0.4, -0.2) is 43.3 Å². The van der Waals surface area contributed by atoms with Crippen LogP contribution in [0.25, 0.3) is 5.69 Å². The van der Waals surface area contributed by atoms with Gasteiger partial charge in [-0.1, -0.05) is 24.3 Å². The molecule has 11 heteroatoms. The molecule has 0 unspecified atom stereocenters. The first-order valence-electron chi connectivity index (χ1n) is 7.36. The predicted octanol–water partition coefficient (Wildman–Crippen LogP) is 1.01. The number of sulfone groups is 1. The Kier molecular flexibility index (Phi) is 4.74. The van der Waals surface area contributed by atoms with E-state index in [-0.39, 0.29) is 16.3 Å². The van der Waals surface area contributed by atoms with Crippen LogP contribution in [0.15, 0.2) is 59.8 Å². The highest BCUT2D eigenvalue weighted by Crippen LogP contribution is 2.22. The van der Waals surface area contributed by atoms with Crippen LogP contribution < -0.4 is 4.72 Å². The number of sulfonamides is 1. The van der Waals surface area contributed by atoms with Gasteiger partial charge in [-0.25, -0.2) is 21.5 Å². The van der Waals surface area contributed by atoms with Crippen LogP contribution in [0.3, 0.4) is 0 Å². The number of anilines is 1. The molecule has 0 saturated heterocycles. The minimum Gasteiger partial charge on any atom is -0.279 e. The summed E-state index contributed by atoms with van der Waals surface area (Å²) >= 11 is 0. The molecule has 3 aromatic rings. The molecule has 1 aromatic heterocycles. The van der Waals surface area contributed by atoms with Gasteiger partial charge in [0.15, 0.2) is 9.84 Å². The molecule has 0 radical (unpaired) electrons. The lowest BCUT2D eigenvalue weighted by Crippen LogP contribution is -2.15. The summed E-state index contributed by atoms with van der Waals surface area (Å²) in [7, 11) is -7.25. The van der Waals surface area contributed by atoms with Gasteiger partial charge in [0.25, 0.3) is 10.0 Å². The molecule has 3 rings (SSSR count). The summed E-state index contributed by atoms with van der Waals surface area (Å²) in [6.07, 6.45) is 2.44. The summed E-state index contributed by atoms with van der Waals surface area (Å²) < 4.78 is 52.3. The quantitative estimate of drug-likeness (QED) is 0.663. The molecular weight excluding hydrogens is 378 g/mol. The number of aromatic nitrogens is 4. The van der Waals surface area contributed by atoms with Crippen LogP contribution in [0, 0.1) is 0 Å². The first-order chi connectivity index (χ1) is 12.2. The summed E-state index contributed by atoms with van der Waals surface area (Å²) in [6.45, 7) is 0. The van der Waals surface area contributed by atoms with Crippen molar-refractivity contribution in [1.82, 2.24) is 20.2 Å². The topological polar surface area (TPSA) is 124 Å². The Bertz CT molecular complexity index is 1130. The third-order valence-corrected chi connectivity index (χ3v) is 5.62.